The van der Waals surface area contributed by atoms with Crippen molar-refractivity contribution in [2.75, 3.05) is 7.11 Å². The number of hydrogen-bond donors (Lipinski definition) is 1. The van der Waals surface area contributed by atoms with Gasteiger partial charge in [0.15, 0.2) is 0 Å². The summed E-state index contributed by atoms with van der Waals surface area (Å²) < 4.78 is 16.9. The Balaban J connectivity index is 0.00000192. The van der Waals surface area contributed by atoms with Crippen LogP contribution in [0.4, 0.5) is 0 Å². The van der Waals surface area contributed by atoms with Gasteiger partial charge >= 0.3 is 13.1 Å². The summed E-state index contributed by atoms with van der Waals surface area (Å²) in [7, 11) is 0.816. The van der Waals surface area contributed by atoms with E-state index in [4.69, 9.17) is 14.0 Å². The molecule has 1 saturated heterocycles. The average Bonchev–Trinajstić information content (AvgIpc) is 2.99. The van der Waals surface area contributed by atoms with Gasteiger partial charge in [0.25, 0.3) is 0 Å². The van der Waals surface area contributed by atoms with Crippen molar-refractivity contribution >= 4 is 41.9 Å². The Hall–Kier alpha value is -1.57. The van der Waals surface area contributed by atoms with Crippen LogP contribution < -0.4 is 5.46 Å². The SMILES string of the molecule is COC(=O)c1cc(B2OC(C)(C)C(C)(C)O2)cc2[nH]ncc12.Cl. The molecule has 1 aromatic carbocycles. The predicted octanol–water partition coefficient (Wildman–Crippen LogP) is 2.07. The Morgan fingerprint density at radius 2 is 1.83 bits per heavy atom. The van der Waals surface area contributed by atoms with Gasteiger partial charge in [-0.25, -0.2) is 4.79 Å². The van der Waals surface area contributed by atoms with E-state index in [0.29, 0.717) is 10.9 Å². The molecule has 1 fully saturated rings. The van der Waals surface area contributed by atoms with E-state index in [1.54, 1.807) is 12.3 Å². The third kappa shape index (κ3) is 2.84. The largest absolute Gasteiger partial charge is 0.494 e. The van der Waals surface area contributed by atoms with Crippen LogP contribution in [0.1, 0.15) is 38.1 Å². The van der Waals surface area contributed by atoms with E-state index in [-0.39, 0.29) is 12.4 Å². The van der Waals surface area contributed by atoms with Crippen LogP contribution in [-0.2, 0) is 14.0 Å². The number of halogens is 1. The molecule has 124 valence electrons. The van der Waals surface area contributed by atoms with Crippen LogP contribution in [0.5, 0.6) is 0 Å². The molecule has 0 bridgehead atoms. The van der Waals surface area contributed by atoms with Gasteiger partial charge < -0.3 is 14.0 Å². The Labute approximate surface area is 141 Å². The predicted molar refractivity (Wildman–Crippen MR) is 90.4 cm³/mol. The summed E-state index contributed by atoms with van der Waals surface area (Å²) in [4.78, 5) is 12.0. The summed E-state index contributed by atoms with van der Waals surface area (Å²) in [5.74, 6) is -0.412. The summed E-state index contributed by atoms with van der Waals surface area (Å²) >= 11 is 0. The van der Waals surface area contributed by atoms with Crippen molar-refractivity contribution < 1.29 is 18.8 Å². The second-order valence-electron chi connectivity index (χ2n) is 6.48. The standard InChI is InChI=1S/C15H19BN2O4.ClH/c1-14(2)15(3,4)22-16(21-14)9-6-10(13(19)20-5)11-8-17-18-12(11)7-9;/h6-8H,1-5H3,(H,17,18);1H. The Kier molecular flexibility index (Phi) is 4.50. The molecule has 0 radical (unpaired) electrons. The molecule has 3 rings (SSSR count). The summed E-state index contributed by atoms with van der Waals surface area (Å²) in [6.45, 7) is 7.96. The Bertz CT molecular complexity index is 728. The number of esters is 1. The summed E-state index contributed by atoms with van der Waals surface area (Å²) in [6, 6.07) is 3.63. The number of hydrogen-bond acceptors (Lipinski definition) is 5. The van der Waals surface area contributed by atoms with Crippen molar-refractivity contribution in [1.29, 1.82) is 0 Å². The molecule has 1 aromatic heterocycles. The second kappa shape index (κ2) is 5.81. The van der Waals surface area contributed by atoms with Crippen molar-refractivity contribution in [3.63, 3.8) is 0 Å². The quantitative estimate of drug-likeness (QED) is 0.670. The molecule has 1 aliphatic heterocycles. The highest BCUT2D eigenvalue weighted by Crippen LogP contribution is 2.36. The van der Waals surface area contributed by atoms with Crippen LogP contribution >= 0.6 is 12.4 Å². The summed E-state index contributed by atoms with van der Waals surface area (Å²) in [5.41, 5.74) is 1.07. The first kappa shape index (κ1) is 17.8. The van der Waals surface area contributed by atoms with Crippen molar-refractivity contribution in [1.82, 2.24) is 10.2 Å². The van der Waals surface area contributed by atoms with Gasteiger partial charge in [-0.05, 0) is 45.3 Å². The third-order valence-electron chi connectivity index (χ3n) is 4.51. The average molecular weight is 339 g/mol. The van der Waals surface area contributed by atoms with Crippen LogP contribution in [0.15, 0.2) is 18.3 Å². The zero-order chi connectivity index (χ0) is 16.1. The molecule has 2 aromatic rings. The maximum Gasteiger partial charge on any atom is 0.494 e. The molecular formula is C15H20BClN2O4. The highest BCUT2D eigenvalue weighted by Gasteiger charge is 2.51. The molecule has 8 heteroatoms. The summed E-state index contributed by atoms with van der Waals surface area (Å²) in [6.07, 6.45) is 1.61. The molecule has 1 N–H and O–H groups in total. The lowest BCUT2D eigenvalue weighted by Crippen LogP contribution is -2.41. The fourth-order valence-electron chi connectivity index (χ4n) is 2.47. The maximum absolute atomic E-state index is 12.0. The van der Waals surface area contributed by atoms with Gasteiger partial charge in [0, 0.05) is 5.39 Å². The molecule has 0 spiro atoms. The lowest BCUT2D eigenvalue weighted by Gasteiger charge is -2.32. The van der Waals surface area contributed by atoms with Crippen LogP contribution in [0, 0.1) is 0 Å². The number of nitrogens with one attached hydrogen (secondary N) is 1. The number of benzene rings is 1. The minimum absolute atomic E-state index is 0. The first-order chi connectivity index (χ1) is 10.2. The van der Waals surface area contributed by atoms with Gasteiger partial charge in [-0.3, -0.25) is 5.10 Å². The fourth-order valence-corrected chi connectivity index (χ4v) is 2.47. The Morgan fingerprint density at radius 3 is 2.39 bits per heavy atom. The number of fused-ring (bicyclic) bond motifs is 1. The van der Waals surface area contributed by atoms with E-state index >= 15 is 0 Å². The van der Waals surface area contributed by atoms with Crippen molar-refractivity contribution in [2.24, 2.45) is 0 Å². The first-order valence-corrected chi connectivity index (χ1v) is 7.16. The third-order valence-corrected chi connectivity index (χ3v) is 4.51. The van der Waals surface area contributed by atoms with Crippen molar-refractivity contribution in [2.45, 2.75) is 38.9 Å². The van der Waals surface area contributed by atoms with E-state index in [1.165, 1.54) is 7.11 Å². The van der Waals surface area contributed by atoms with Gasteiger partial charge in [-0.2, -0.15) is 5.10 Å². The van der Waals surface area contributed by atoms with E-state index in [0.717, 1.165) is 11.0 Å². The number of ether oxygens (including phenoxy) is 1. The minimum Gasteiger partial charge on any atom is -0.465 e. The van der Waals surface area contributed by atoms with Gasteiger partial charge in [0.05, 0.1) is 35.6 Å². The lowest BCUT2D eigenvalue weighted by molar-refractivity contribution is 0.00578. The van der Waals surface area contributed by atoms with Gasteiger partial charge in [0.1, 0.15) is 0 Å². The number of H-pyrrole nitrogens is 1. The molecule has 6 nitrogen and oxygen atoms in total. The van der Waals surface area contributed by atoms with Crippen molar-refractivity contribution in [3.8, 4) is 0 Å². The Morgan fingerprint density at radius 1 is 1.22 bits per heavy atom. The molecule has 0 amide bonds. The molecule has 1 aliphatic rings. The number of rotatable bonds is 2. The van der Waals surface area contributed by atoms with E-state index < -0.39 is 24.3 Å². The number of aromatic amines is 1. The van der Waals surface area contributed by atoms with Gasteiger partial charge in [0.2, 0.25) is 0 Å². The topological polar surface area (TPSA) is 73.4 Å². The number of carbonyl (C=O) groups excluding carboxylic acids is 1. The molecule has 0 saturated carbocycles. The van der Waals surface area contributed by atoms with E-state index in [1.807, 2.05) is 33.8 Å². The lowest BCUT2D eigenvalue weighted by atomic mass is 9.78. The van der Waals surface area contributed by atoms with E-state index in [2.05, 4.69) is 10.2 Å². The number of methoxy groups -OCH3 is 1. The molecule has 0 aliphatic carbocycles. The van der Waals surface area contributed by atoms with Crippen LogP contribution in [0.3, 0.4) is 0 Å². The smallest absolute Gasteiger partial charge is 0.465 e. The first-order valence-electron chi connectivity index (χ1n) is 7.16. The molecule has 0 unspecified atom stereocenters. The number of aromatic nitrogens is 2. The number of carbonyl (C=O) groups is 1. The molecule has 23 heavy (non-hydrogen) atoms. The monoisotopic (exact) mass is 338 g/mol. The fraction of sp³-hybridized carbons (Fsp3) is 0.467. The van der Waals surface area contributed by atoms with Gasteiger partial charge in [-0.1, -0.05) is 0 Å². The minimum atomic E-state index is -0.541. The summed E-state index contributed by atoms with van der Waals surface area (Å²) in [5, 5.41) is 7.58. The van der Waals surface area contributed by atoms with Crippen molar-refractivity contribution in [3.05, 3.63) is 23.9 Å². The zero-order valence-electron chi connectivity index (χ0n) is 13.8. The molecular weight excluding hydrogens is 318 g/mol. The van der Waals surface area contributed by atoms with Crippen LogP contribution in [0.2, 0.25) is 0 Å². The molecule has 0 atom stereocenters. The maximum atomic E-state index is 12.0. The van der Waals surface area contributed by atoms with Crippen LogP contribution in [0.25, 0.3) is 10.9 Å². The number of nitrogens with zero attached hydrogens (tertiary/aromatic N) is 1. The van der Waals surface area contributed by atoms with E-state index in [9.17, 15) is 4.79 Å². The molecule has 2 heterocycles. The highest BCUT2D eigenvalue weighted by molar-refractivity contribution is 6.62. The van der Waals surface area contributed by atoms with Crippen LogP contribution in [-0.4, -0.2) is 41.6 Å². The zero-order valence-corrected chi connectivity index (χ0v) is 14.6. The highest BCUT2D eigenvalue weighted by atomic mass is 35.5. The normalized spacial score (nSPS) is 18.7. The second-order valence-corrected chi connectivity index (χ2v) is 6.48. The van der Waals surface area contributed by atoms with Gasteiger partial charge in [-0.15, -0.1) is 12.4 Å².